The molecule has 2 aromatic rings. The highest BCUT2D eigenvalue weighted by Crippen LogP contribution is 2.28. The number of rotatable bonds is 3. The fraction of sp³-hybridized carbons (Fsp3) is 0.368. The molecule has 130 valence electrons. The second-order valence-corrected chi connectivity index (χ2v) is 7.77. The van der Waals surface area contributed by atoms with Crippen LogP contribution < -0.4 is 5.73 Å². The Morgan fingerprint density at radius 3 is 2.56 bits per heavy atom. The van der Waals surface area contributed by atoms with Crippen molar-refractivity contribution in [3.8, 4) is 10.4 Å². The van der Waals surface area contributed by atoms with Crippen LogP contribution in [0, 0.1) is 0 Å². The first-order chi connectivity index (χ1) is 12.1. The van der Waals surface area contributed by atoms with Gasteiger partial charge in [-0.25, -0.2) is 0 Å². The van der Waals surface area contributed by atoms with E-state index in [0.717, 1.165) is 35.6 Å². The molecular formula is C19H21N3O2S. The van der Waals surface area contributed by atoms with Gasteiger partial charge in [-0.05, 0) is 49.2 Å². The van der Waals surface area contributed by atoms with Gasteiger partial charge in [-0.2, -0.15) is 0 Å². The summed E-state index contributed by atoms with van der Waals surface area (Å²) in [6, 6.07) is 11.8. The minimum Gasteiger partial charge on any atom is -0.365 e. The van der Waals surface area contributed by atoms with Crippen LogP contribution in [0.3, 0.4) is 0 Å². The average Bonchev–Trinajstić information content (AvgIpc) is 3.30. The first-order valence-electron chi connectivity index (χ1n) is 8.65. The molecule has 1 aromatic heterocycles. The molecule has 1 aromatic carbocycles. The van der Waals surface area contributed by atoms with Gasteiger partial charge in [0.15, 0.2) is 0 Å². The summed E-state index contributed by atoms with van der Waals surface area (Å²) in [6.45, 7) is 3.81. The molecule has 0 aliphatic carbocycles. The molecule has 2 saturated heterocycles. The number of nitrogens with two attached hydrogens (primary N) is 1. The molecule has 0 bridgehead atoms. The van der Waals surface area contributed by atoms with Gasteiger partial charge in [-0.1, -0.05) is 12.1 Å². The van der Waals surface area contributed by atoms with Crippen LogP contribution in [0.5, 0.6) is 0 Å². The summed E-state index contributed by atoms with van der Waals surface area (Å²) < 4.78 is 0. The third-order valence-electron chi connectivity index (χ3n) is 5.14. The lowest BCUT2D eigenvalue weighted by Gasteiger charge is -2.37. The third kappa shape index (κ3) is 3.19. The Morgan fingerprint density at radius 2 is 1.84 bits per heavy atom. The van der Waals surface area contributed by atoms with E-state index in [-0.39, 0.29) is 5.91 Å². The van der Waals surface area contributed by atoms with Crippen molar-refractivity contribution in [2.75, 3.05) is 26.2 Å². The first kappa shape index (κ1) is 16.3. The molecule has 0 spiro atoms. The number of carbonyl (C=O) groups is 2. The van der Waals surface area contributed by atoms with E-state index in [2.05, 4.69) is 4.90 Å². The lowest BCUT2D eigenvalue weighted by molar-refractivity contribution is 0.0571. The Bertz CT molecular complexity index is 799. The van der Waals surface area contributed by atoms with Gasteiger partial charge in [0.05, 0.1) is 4.88 Å². The number of primary amides is 1. The maximum atomic E-state index is 12.8. The molecule has 0 unspecified atom stereocenters. The molecular weight excluding hydrogens is 334 g/mol. The topological polar surface area (TPSA) is 66.6 Å². The predicted octanol–water partition coefficient (Wildman–Crippen LogP) is 2.43. The summed E-state index contributed by atoms with van der Waals surface area (Å²) in [7, 11) is 0. The van der Waals surface area contributed by atoms with Crippen LogP contribution in [0.4, 0.5) is 0 Å². The van der Waals surface area contributed by atoms with Crippen molar-refractivity contribution in [1.29, 1.82) is 0 Å². The molecule has 4 rings (SSSR count). The molecule has 2 aliphatic heterocycles. The molecule has 2 fully saturated rings. The molecule has 25 heavy (non-hydrogen) atoms. The zero-order chi connectivity index (χ0) is 17.4. The number of carbonyl (C=O) groups excluding carboxylic acids is 2. The molecule has 5 nitrogen and oxygen atoms in total. The zero-order valence-corrected chi connectivity index (χ0v) is 14.8. The Kier molecular flexibility index (Phi) is 4.31. The molecule has 2 aliphatic rings. The van der Waals surface area contributed by atoms with E-state index in [4.69, 9.17) is 5.73 Å². The summed E-state index contributed by atoms with van der Waals surface area (Å²) in [5.74, 6) is -0.295. The first-order valence-corrected chi connectivity index (χ1v) is 9.47. The predicted molar refractivity (Wildman–Crippen MR) is 98.8 cm³/mol. The average molecular weight is 355 g/mol. The van der Waals surface area contributed by atoms with E-state index in [1.807, 2.05) is 35.2 Å². The van der Waals surface area contributed by atoms with E-state index in [1.165, 1.54) is 30.7 Å². The summed E-state index contributed by atoms with van der Waals surface area (Å²) in [6.07, 6.45) is 2.44. The van der Waals surface area contributed by atoms with Gasteiger partial charge >= 0.3 is 0 Å². The number of benzene rings is 1. The van der Waals surface area contributed by atoms with E-state index >= 15 is 0 Å². The number of piperazine rings is 1. The fourth-order valence-corrected chi connectivity index (χ4v) is 4.62. The number of hydrogen-bond donors (Lipinski definition) is 1. The summed E-state index contributed by atoms with van der Waals surface area (Å²) in [4.78, 5) is 30.0. The highest BCUT2D eigenvalue weighted by molar-refractivity contribution is 7.17. The van der Waals surface area contributed by atoms with Gasteiger partial charge in [-0.15, -0.1) is 11.3 Å². The molecule has 0 saturated carbocycles. The Labute approximate surface area is 151 Å². The van der Waals surface area contributed by atoms with Crippen LogP contribution in [0.1, 0.15) is 32.9 Å². The van der Waals surface area contributed by atoms with Gasteiger partial charge in [0, 0.05) is 36.1 Å². The lowest BCUT2D eigenvalue weighted by atomic mass is 10.1. The van der Waals surface area contributed by atoms with Crippen molar-refractivity contribution in [1.82, 2.24) is 9.80 Å². The van der Waals surface area contributed by atoms with Crippen LogP contribution in [-0.2, 0) is 0 Å². The molecule has 3 heterocycles. The lowest BCUT2D eigenvalue weighted by Crippen LogP contribution is -2.52. The van der Waals surface area contributed by atoms with Gasteiger partial charge in [0.25, 0.3) is 11.8 Å². The Morgan fingerprint density at radius 1 is 1.04 bits per heavy atom. The molecule has 1 atom stereocenters. The number of amides is 2. The smallest absolute Gasteiger partial charge is 0.258 e. The van der Waals surface area contributed by atoms with Crippen molar-refractivity contribution in [2.24, 2.45) is 5.73 Å². The van der Waals surface area contributed by atoms with Crippen molar-refractivity contribution in [3.05, 3.63) is 46.8 Å². The highest BCUT2D eigenvalue weighted by atomic mass is 32.1. The number of fused-ring (bicyclic) bond motifs is 1. The van der Waals surface area contributed by atoms with Crippen molar-refractivity contribution >= 4 is 23.2 Å². The van der Waals surface area contributed by atoms with Crippen LogP contribution >= 0.6 is 11.3 Å². The van der Waals surface area contributed by atoms with E-state index in [0.29, 0.717) is 10.9 Å². The third-order valence-corrected chi connectivity index (χ3v) is 6.29. The minimum atomic E-state index is -0.408. The summed E-state index contributed by atoms with van der Waals surface area (Å²) in [5.41, 5.74) is 7.03. The second kappa shape index (κ2) is 6.61. The fourth-order valence-electron chi connectivity index (χ4n) is 3.76. The maximum Gasteiger partial charge on any atom is 0.258 e. The normalized spacial score (nSPS) is 20.5. The maximum absolute atomic E-state index is 12.8. The second-order valence-electron chi connectivity index (χ2n) is 6.69. The Balaban J connectivity index is 1.47. The Hall–Kier alpha value is -2.18. The van der Waals surface area contributed by atoms with Crippen LogP contribution in [0.15, 0.2) is 36.4 Å². The SMILES string of the molecule is NC(=O)c1ccc(-c2ccc(C(=O)N3CCN4CCC[C@@H]4C3)cc2)s1. The molecule has 6 heteroatoms. The van der Waals surface area contributed by atoms with Crippen LogP contribution in [-0.4, -0.2) is 53.8 Å². The number of hydrogen-bond acceptors (Lipinski definition) is 4. The quantitative estimate of drug-likeness (QED) is 0.920. The van der Waals surface area contributed by atoms with Crippen molar-refractivity contribution in [2.45, 2.75) is 18.9 Å². The zero-order valence-electron chi connectivity index (χ0n) is 14.0. The summed E-state index contributed by atoms with van der Waals surface area (Å²) in [5, 5.41) is 0. The van der Waals surface area contributed by atoms with Gasteiger partial charge < -0.3 is 10.6 Å². The molecule has 2 amide bonds. The number of nitrogens with zero attached hydrogens (tertiary/aromatic N) is 2. The van der Waals surface area contributed by atoms with E-state index < -0.39 is 5.91 Å². The van der Waals surface area contributed by atoms with Crippen molar-refractivity contribution < 1.29 is 9.59 Å². The van der Waals surface area contributed by atoms with Crippen LogP contribution in [0.25, 0.3) is 10.4 Å². The number of thiophene rings is 1. The van der Waals surface area contributed by atoms with Crippen molar-refractivity contribution in [3.63, 3.8) is 0 Å². The largest absolute Gasteiger partial charge is 0.365 e. The standard InChI is InChI=1S/C19H21N3O2S/c20-18(23)17-8-7-16(25-17)13-3-5-14(6-4-13)19(24)22-11-10-21-9-1-2-15(21)12-22/h3-8,15H,1-2,9-12H2,(H2,20,23)/t15-/m1/s1. The van der Waals surface area contributed by atoms with E-state index in [1.54, 1.807) is 6.07 Å². The molecule has 0 radical (unpaired) electrons. The molecule has 2 N–H and O–H groups in total. The highest BCUT2D eigenvalue weighted by Gasteiger charge is 2.32. The minimum absolute atomic E-state index is 0.113. The monoisotopic (exact) mass is 355 g/mol. The summed E-state index contributed by atoms with van der Waals surface area (Å²) >= 11 is 1.37. The van der Waals surface area contributed by atoms with E-state index in [9.17, 15) is 9.59 Å². The van der Waals surface area contributed by atoms with Gasteiger partial charge in [0.1, 0.15) is 0 Å². The van der Waals surface area contributed by atoms with Gasteiger partial charge in [-0.3, -0.25) is 14.5 Å². The van der Waals surface area contributed by atoms with Gasteiger partial charge in [0.2, 0.25) is 0 Å². The van der Waals surface area contributed by atoms with Crippen LogP contribution in [0.2, 0.25) is 0 Å².